The number of hydrogen-bond donors (Lipinski definition) is 6. The number of nitriles is 1. The summed E-state index contributed by atoms with van der Waals surface area (Å²) in [5, 5.41) is 49.0. The van der Waals surface area contributed by atoms with Gasteiger partial charge in [0.2, 0.25) is 23.6 Å². The first kappa shape index (κ1) is 62.3. The number of carboxylic acids is 1. The van der Waals surface area contributed by atoms with E-state index in [2.05, 4.69) is 31.6 Å². The quantitative estimate of drug-likeness (QED) is 0.0339. The van der Waals surface area contributed by atoms with Gasteiger partial charge >= 0.3 is 5.97 Å². The van der Waals surface area contributed by atoms with E-state index in [1.807, 2.05) is 18.2 Å². The Bertz CT molecular complexity index is 3660. The van der Waals surface area contributed by atoms with Crippen molar-refractivity contribution in [2.45, 2.75) is 69.2 Å². The Morgan fingerprint density at radius 1 is 0.843 bits per heavy atom. The highest BCUT2D eigenvalue weighted by atomic mass is 19.3. The summed E-state index contributed by atoms with van der Waals surface area (Å²) >= 11 is 0. The first-order chi connectivity index (χ1) is 42.9. The summed E-state index contributed by atoms with van der Waals surface area (Å²) in [6.45, 7) is 0.837. The summed E-state index contributed by atoms with van der Waals surface area (Å²) in [4.78, 5) is 105. The van der Waals surface area contributed by atoms with Crippen molar-refractivity contribution >= 4 is 47.2 Å². The molecule has 0 radical (unpaired) electrons. The van der Waals surface area contributed by atoms with Gasteiger partial charge in [0.15, 0.2) is 5.78 Å². The van der Waals surface area contributed by atoms with Gasteiger partial charge in [-0.05, 0) is 65.1 Å². The number of ether oxygens (including phenoxy) is 5. The SMILES string of the molecule is N#C[C@@H]1CC(F)(F)CN1C(=O)[C@@H]1C[C@@H](CC(=O)N2Cc3cccc(Cn4cc(-c5ccc(C(=O)NCCNC(=O)CCOCCOCOCOCCNC(=O)c6ccc(C7c8ccc(O)cc8OC8=CC(=O)C=CC87)c(C(=O)O)c6)cc5)nn4)c3C2)C(=O)N1. The minimum Gasteiger partial charge on any atom is -0.508 e. The second kappa shape index (κ2) is 28.0. The number of aromatic nitrogens is 3. The highest BCUT2D eigenvalue weighted by Gasteiger charge is 2.50. The molecule has 10 rings (SSSR count). The Labute approximate surface area is 507 Å². The molecular formula is C62H62F2N10O15. The fourth-order valence-electron chi connectivity index (χ4n) is 11.3. The molecule has 6 amide bonds. The van der Waals surface area contributed by atoms with E-state index in [0.29, 0.717) is 52.5 Å². The number of aromatic carboxylic acids is 1. The van der Waals surface area contributed by atoms with Crippen LogP contribution in [0.3, 0.4) is 0 Å². The zero-order valence-electron chi connectivity index (χ0n) is 47.9. The topological polar surface area (TPSA) is 332 Å². The number of nitrogens with one attached hydrogen (secondary N) is 4. The number of ketones is 1. The molecule has 27 heteroatoms. The molecule has 0 saturated carbocycles. The molecule has 4 aromatic carbocycles. The zero-order chi connectivity index (χ0) is 62.8. The number of nitrogens with zero attached hydrogens (tertiary/aromatic N) is 6. The number of phenols is 1. The molecule has 4 aliphatic heterocycles. The number of phenolic OH excluding ortho intramolecular Hbond substituents is 1. The van der Waals surface area contributed by atoms with Crippen molar-refractivity contribution in [3.8, 4) is 28.8 Å². The fraction of sp³-hybridized carbons (Fsp3) is 0.371. The number of likely N-dealkylation sites (tertiary alicyclic amines) is 1. The van der Waals surface area contributed by atoms with Crippen LogP contribution in [-0.4, -0.2) is 166 Å². The lowest BCUT2D eigenvalue weighted by Crippen LogP contribution is -2.46. The molecular weight excluding hydrogens is 1160 g/mol. The highest BCUT2D eigenvalue weighted by molar-refractivity contribution is 6.01. The second-order valence-electron chi connectivity index (χ2n) is 21.8. The second-order valence-corrected chi connectivity index (χ2v) is 21.8. The Morgan fingerprint density at radius 3 is 2.38 bits per heavy atom. The van der Waals surface area contributed by atoms with Crippen LogP contribution >= 0.6 is 0 Å². The summed E-state index contributed by atoms with van der Waals surface area (Å²) in [5.41, 5.74) is 5.44. The summed E-state index contributed by atoms with van der Waals surface area (Å²) < 4.78 is 57.1. The number of benzene rings is 4. The summed E-state index contributed by atoms with van der Waals surface area (Å²) in [5.74, 6) is -8.81. The molecule has 25 nitrogen and oxygen atoms in total. The van der Waals surface area contributed by atoms with Gasteiger partial charge in [-0.2, -0.15) is 5.26 Å². The van der Waals surface area contributed by atoms with Crippen molar-refractivity contribution in [1.82, 2.24) is 46.1 Å². The monoisotopic (exact) mass is 1220 g/mol. The average Bonchev–Trinajstić information content (AvgIpc) is 1.97. The molecule has 0 spiro atoms. The fourth-order valence-corrected chi connectivity index (χ4v) is 11.3. The maximum Gasteiger partial charge on any atom is 0.336 e. The van der Waals surface area contributed by atoms with Crippen molar-refractivity contribution in [1.29, 1.82) is 5.26 Å². The van der Waals surface area contributed by atoms with Gasteiger partial charge in [-0.25, -0.2) is 18.3 Å². The number of halogens is 2. The average molecular weight is 1230 g/mol. The number of alkyl halides is 2. The zero-order valence-corrected chi connectivity index (χ0v) is 47.9. The van der Waals surface area contributed by atoms with Crippen LogP contribution in [-0.2, 0) is 62.6 Å². The molecule has 2 unspecified atom stereocenters. The van der Waals surface area contributed by atoms with Crippen LogP contribution in [0, 0.1) is 23.2 Å². The van der Waals surface area contributed by atoms with E-state index in [0.717, 1.165) is 21.6 Å². The Hall–Kier alpha value is -9.75. The molecule has 2 fully saturated rings. The van der Waals surface area contributed by atoms with Crippen molar-refractivity contribution in [3.63, 3.8) is 0 Å². The normalized spacial score (nSPS) is 19.5. The van der Waals surface area contributed by atoms with Gasteiger partial charge in [0.05, 0.1) is 57.3 Å². The van der Waals surface area contributed by atoms with Gasteiger partial charge in [-0.1, -0.05) is 53.8 Å². The minimum absolute atomic E-state index is 0.0427. The minimum atomic E-state index is -3.20. The van der Waals surface area contributed by atoms with E-state index < -0.39 is 72.4 Å². The van der Waals surface area contributed by atoms with Crippen LogP contribution < -0.4 is 26.0 Å². The first-order valence-electron chi connectivity index (χ1n) is 28.6. The molecule has 89 heavy (non-hydrogen) atoms. The van der Waals surface area contributed by atoms with Crippen LogP contribution in [0.15, 0.2) is 109 Å². The molecule has 5 aromatic rings. The van der Waals surface area contributed by atoms with Gasteiger partial charge in [0.1, 0.15) is 48.6 Å². The van der Waals surface area contributed by atoms with Gasteiger partial charge < -0.3 is 65.0 Å². The van der Waals surface area contributed by atoms with Crippen LogP contribution in [0.2, 0.25) is 0 Å². The predicted octanol–water partition coefficient (Wildman–Crippen LogP) is 3.70. The molecule has 0 bridgehead atoms. The number of aromatic hydroxyl groups is 1. The molecule has 6 N–H and O–H groups in total. The van der Waals surface area contributed by atoms with E-state index in [4.69, 9.17) is 23.7 Å². The molecule has 2 saturated heterocycles. The van der Waals surface area contributed by atoms with Gasteiger partial charge in [0, 0.05) is 104 Å². The third kappa shape index (κ3) is 15.2. The van der Waals surface area contributed by atoms with Crippen molar-refractivity contribution < 1.29 is 81.0 Å². The summed E-state index contributed by atoms with van der Waals surface area (Å²) in [6.07, 6.45) is 5.25. The maximum atomic E-state index is 14.0. The Kier molecular flexibility index (Phi) is 19.6. The van der Waals surface area contributed by atoms with Crippen LogP contribution in [0.4, 0.5) is 8.78 Å². The van der Waals surface area contributed by atoms with Crippen LogP contribution in [0.5, 0.6) is 11.5 Å². The molecule has 5 atom stereocenters. The Balaban J connectivity index is 0.556. The largest absolute Gasteiger partial charge is 0.508 e. The predicted molar refractivity (Wildman–Crippen MR) is 306 cm³/mol. The number of carbonyl (C=O) groups excluding carboxylic acids is 7. The third-order valence-corrected chi connectivity index (χ3v) is 15.7. The number of allylic oxidation sites excluding steroid dienone is 3. The lowest BCUT2D eigenvalue weighted by molar-refractivity contribution is -0.136. The number of hydrogen-bond acceptors (Lipinski definition) is 17. The van der Waals surface area contributed by atoms with E-state index in [1.54, 1.807) is 64.3 Å². The Morgan fingerprint density at radius 2 is 1.58 bits per heavy atom. The van der Waals surface area contributed by atoms with Crippen molar-refractivity contribution in [3.05, 3.63) is 154 Å². The van der Waals surface area contributed by atoms with E-state index >= 15 is 0 Å². The van der Waals surface area contributed by atoms with E-state index in [9.17, 15) is 62.6 Å². The van der Waals surface area contributed by atoms with Crippen molar-refractivity contribution in [2.24, 2.45) is 11.8 Å². The number of fused-ring (bicyclic) bond motifs is 3. The first-order valence-corrected chi connectivity index (χ1v) is 28.6. The van der Waals surface area contributed by atoms with Crippen LogP contribution in [0.1, 0.15) is 90.5 Å². The van der Waals surface area contributed by atoms with Gasteiger partial charge in [-0.15, -0.1) is 5.10 Å². The van der Waals surface area contributed by atoms with Crippen LogP contribution in [0.25, 0.3) is 11.3 Å². The molecule has 1 aromatic heterocycles. The summed E-state index contributed by atoms with van der Waals surface area (Å²) in [6, 6.07) is 20.8. The third-order valence-electron chi connectivity index (χ3n) is 15.7. The molecule has 1 aliphatic carbocycles. The lowest BCUT2D eigenvalue weighted by Gasteiger charge is -2.35. The standard InChI is InChI=1S/C62H62F2N10O15/c63-62(64)27-42(28-65)74(33-62)60(82)50-23-41(59(81)69-50)24-55(78)72-29-39-2-1-3-40(49(39)31-72)30-73-32-51(70-71-73)36-4-6-37(7-5-36)57(79)67-16-15-66-54(77)14-18-85-20-21-87-35-88-34-86-19-17-68-58(80)38-8-11-45(48(22-38)61(83)84)56-46-12-9-43(75)25-52(46)89-53-26-44(76)10-13-47(53)56/h1-13,22,25-26,32,41-42,46,50,56,76H,14-21,23-24,27,29-31,33-35H2,(H,66,77)(H,67,79)(H,68,80)(H,69,81)(H,83,84)/t41-,42-,46?,50-,56?/m0/s1. The van der Waals surface area contributed by atoms with E-state index in [-0.39, 0.29) is 126 Å². The number of carbonyl (C=O) groups is 8. The molecule has 5 heterocycles. The number of amides is 6. The lowest BCUT2D eigenvalue weighted by atomic mass is 9.74. The van der Waals surface area contributed by atoms with Crippen molar-refractivity contribution in [2.75, 3.05) is 66.2 Å². The highest BCUT2D eigenvalue weighted by Crippen LogP contribution is 2.49. The molecule has 464 valence electrons. The molecule has 5 aliphatic rings. The number of carboxylic acid groups (broad SMARTS) is 1. The smallest absolute Gasteiger partial charge is 0.336 e. The van der Waals surface area contributed by atoms with Gasteiger partial charge in [0.25, 0.3) is 17.7 Å². The summed E-state index contributed by atoms with van der Waals surface area (Å²) in [7, 11) is 0. The van der Waals surface area contributed by atoms with Gasteiger partial charge in [-0.3, -0.25) is 33.6 Å². The maximum absolute atomic E-state index is 14.0. The number of rotatable bonds is 26. The van der Waals surface area contributed by atoms with E-state index in [1.165, 1.54) is 36.4 Å².